The zero-order chi connectivity index (χ0) is 15.5. The third-order valence-electron chi connectivity index (χ3n) is 3.48. The average molecular weight is 299 g/mol. The Balaban J connectivity index is 1.75. The Labute approximate surface area is 128 Å². The second kappa shape index (κ2) is 6.07. The summed E-state index contributed by atoms with van der Waals surface area (Å²) in [4.78, 5) is 10.8. The summed E-state index contributed by atoms with van der Waals surface area (Å²) in [6, 6.07) is 15.0. The first-order chi connectivity index (χ1) is 10.7. The lowest BCUT2D eigenvalue weighted by atomic mass is 10.1. The molecule has 0 saturated carbocycles. The van der Waals surface area contributed by atoms with Gasteiger partial charge in [0.2, 0.25) is 0 Å². The number of hydrogen-bond donors (Lipinski definition) is 0. The zero-order valence-electron chi connectivity index (χ0n) is 12.0. The maximum Gasteiger partial charge on any atom is 0.162 e. The number of carboxylic acids is 1. The van der Waals surface area contributed by atoms with Crippen molar-refractivity contribution >= 4 is 5.97 Å². The molecule has 1 saturated heterocycles. The molecule has 0 N–H and O–H groups in total. The smallest absolute Gasteiger partial charge is 0.162 e. The van der Waals surface area contributed by atoms with E-state index in [9.17, 15) is 9.90 Å². The Morgan fingerprint density at radius 1 is 1.18 bits per heavy atom. The molecule has 2 aromatic carbocycles. The number of benzene rings is 2. The SMILES string of the molecule is COc1ccc(C2OC2C(=O)[O-])cc1OCc1ccccc1. The van der Waals surface area contributed by atoms with Crippen molar-refractivity contribution in [3.8, 4) is 11.5 Å². The van der Waals surface area contributed by atoms with E-state index in [-0.39, 0.29) is 0 Å². The van der Waals surface area contributed by atoms with E-state index in [0.717, 1.165) is 11.1 Å². The molecule has 2 atom stereocenters. The molecule has 0 radical (unpaired) electrons. The standard InChI is InChI=1S/C17H16O5/c1-20-13-8-7-12(15-16(22-15)17(18)19)9-14(13)21-10-11-5-3-2-4-6-11/h2-9,15-16H,10H2,1H3,(H,18,19)/p-1. The Bertz CT molecular complexity index is 668. The molecule has 5 nitrogen and oxygen atoms in total. The van der Waals surface area contributed by atoms with Gasteiger partial charge in [-0.25, -0.2) is 0 Å². The van der Waals surface area contributed by atoms with Crippen molar-refractivity contribution in [2.24, 2.45) is 0 Å². The van der Waals surface area contributed by atoms with Crippen LogP contribution in [0.2, 0.25) is 0 Å². The molecule has 0 bridgehead atoms. The molecule has 1 aliphatic heterocycles. The van der Waals surface area contributed by atoms with Crippen molar-refractivity contribution in [2.75, 3.05) is 7.11 Å². The van der Waals surface area contributed by atoms with Crippen molar-refractivity contribution in [2.45, 2.75) is 18.8 Å². The number of ether oxygens (including phenoxy) is 3. The Hall–Kier alpha value is -2.53. The van der Waals surface area contributed by atoms with Crippen LogP contribution in [0.15, 0.2) is 48.5 Å². The van der Waals surface area contributed by atoms with Gasteiger partial charge in [0.1, 0.15) is 18.8 Å². The molecule has 2 unspecified atom stereocenters. The van der Waals surface area contributed by atoms with E-state index in [1.807, 2.05) is 30.3 Å². The third-order valence-corrected chi connectivity index (χ3v) is 3.48. The summed E-state index contributed by atoms with van der Waals surface area (Å²) >= 11 is 0. The van der Waals surface area contributed by atoms with E-state index >= 15 is 0 Å². The number of carbonyl (C=O) groups is 1. The van der Waals surface area contributed by atoms with Crippen LogP contribution in [-0.4, -0.2) is 19.2 Å². The minimum absolute atomic E-state index is 0.399. The van der Waals surface area contributed by atoms with Crippen molar-refractivity contribution < 1.29 is 24.1 Å². The molecule has 1 heterocycles. The van der Waals surface area contributed by atoms with Crippen LogP contribution in [-0.2, 0) is 16.1 Å². The Kier molecular flexibility index (Phi) is 3.98. The lowest BCUT2D eigenvalue weighted by molar-refractivity contribution is -0.307. The molecule has 0 aromatic heterocycles. The molecule has 1 aliphatic rings. The van der Waals surface area contributed by atoms with E-state index in [4.69, 9.17) is 14.2 Å². The predicted octanol–water partition coefficient (Wildman–Crippen LogP) is 1.46. The summed E-state index contributed by atoms with van der Waals surface area (Å²) in [5.74, 6) is -0.0608. The molecule has 0 aliphatic carbocycles. The van der Waals surface area contributed by atoms with Gasteiger partial charge in [0.05, 0.1) is 13.1 Å². The zero-order valence-corrected chi connectivity index (χ0v) is 12.0. The van der Waals surface area contributed by atoms with Crippen LogP contribution in [0.25, 0.3) is 0 Å². The maximum atomic E-state index is 10.8. The molecule has 0 spiro atoms. The second-order valence-electron chi connectivity index (χ2n) is 4.98. The second-order valence-corrected chi connectivity index (χ2v) is 4.98. The first-order valence-corrected chi connectivity index (χ1v) is 6.90. The Morgan fingerprint density at radius 3 is 2.59 bits per heavy atom. The van der Waals surface area contributed by atoms with Gasteiger partial charge in [-0.15, -0.1) is 0 Å². The topological polar surface area (TPSA) is 71.1 Å². The van der Waals surface area contributed by atoms with Gasteiger partial charge < -0.3 is 24.1 Å². The quantitative estimate of drug-likeness (QED) is 0.755. The van der Waals surface area contributed by atoms with E-state index < -0.39 is 18.2 Å². The van der Waals surface area contributed by atoms with E-state index in [2.05, 4.69) is 0 Å². The van der Waals surface area contributed by atoms with E-state index in [0.29, 0.717) is 18.1 Å². The van der Waals surface area contributed by atoms with Gasteiger partial charge in [-0.3, -0.25) is 0 Å². The monoisotopic (exact) mass is 299 g/mol. The third kappa shape index (κ3) is 3.04. The molecule has 5 heteroatoms. The van der Waals surface area contributed by atoms with Crippen LogP contribution in [0.4, 0.5) is 0 Å². The van der Waals surface area contributed by atoms with Crippen molar-refractivity contribution in [3.05, 3.63) is 59.7 Å². The lowest BCUT2D eigenvalue weighted by Gasteiger charge is -2.12. The molecule has 3 rings (SSSR count). The van der Waals surface area contributed by atoms with Gasteiger partial charge in [-0.1, -0.05) is 36.4 Å². The summed E-state index contributed by atoms with van der Waals surface area (Å²) in [6.07, 6.45) is -1.36. The largest absolute Gasteiger partial charge is 0.547 e. The minimum Gasteiger partial charge on any atom is -0.547 e. The average Bonchev–Trinajstić information content (AvgIpc) is 3.34. The predicted molar refractivity (Wildman–Crippen MR) is 76.4 cm³/mol. The first kappa shape index (κ1) is 14.4. The van der Waals surface area contributed by atoms with Crippen LogP contribution < -0.4 is 14.6 Å². The van der Waals surface area contributed by atoms with Crippen LogP contribution in [0.1, 0.15) is 17.2 Å². The van der Waals surface area contributed by atoms with Crippen LogP contribution in [0.3, 0.4) is 0 Å². The number of aliphatic carboxylic acids is 1. The van der Waals surface area contributed by atoms with Crippen molar-refractivity contribution in [3.63, 3.8) is 0 Å². The molecule has 0 amide bonds. The number of epoxide rings is 1. The molecular formula is C17H15O5-. The fourth-order valence-electron chi connectivity index (χ4n) is 2.26. The number of carbonyl (C=O) groups excluding carboxylic acids is 1. The normalized spacial score (nSPS) is 19.5. The Morgan fingerprint density at radius 2 is 1.95 bits per heavy atom. The van der Waals surface area contributed by atoms with Gasteiger partial charge in [0.25, 0.3) is 0 Å². The van der Waals surface area contributed by atoms with Crippen LogP contribution >= 0.6 is 0 Å². The van der Waals surface area contributed by atoms with E-state index in [1.54, 1.807) is 25.3 Å². The highest BCUT2D eigenvalue weighted by Crippen LogP contribution is 2.41. The number of methoxy groups -OCH3 is 1. The first-order valence-electron chi connectivity index (χ1n) is 6.90. The highest BCUT2D eigenvalue weighted by Gasteiger charge is 2.41. The molecule has 1 fully saturated rings. The number of hydrogen-bond acceptors (Lipinski definition) is 5. The van der Waals surface area contributed by atoms with Crippen molar-refractivity contribution in [1.82, 2.24) is 0 Å². The fraction of sp³-hybridized carbons (Fsp3) is 0.235. The summed E-state index contributed by atoms with van der Waals surface area (Å²) < 4.78 is 16.2. The summed E-state index contributed by atoms with van der Waals surface area (Å²) in [7, 11) is 1.56. The maximum absolute atomic E-state index is 10.8. The van der Waals surface area contributed by atoms with Gasteiger partial charge in [0, 0.05) is 0 Å². The number of carboxylic acid groups (broad SMARTS) is 1. The lowest BCUT2D eigenvalue weighted by Crippen LogP contribution is -2.28. The highest BCUT2D eigenvalue weighted by atomic mass is 16.6. The minimum atomic E-state index is -1.20. The fourth-order valence-corrected chi connectivity index (χ4v) is 2.26. The van der Waals surface area contributed by atoms with Gasteiger partial charge in [-0.05, 0) is 23.3 Å². The van der Waals surface area contributed by atoms with Gasteiger partial charge in [0.15, 0.2) is 11.5 Å². The summed E-state index contributed by atoms with van der Waals surface area (Å²) in [5, 5.41) is 10.8. The molecule has 114 valence electrons. The summed E-state index contributed by atoms with van der Waals surface area (Å²) in [6.45, 7) is 0.399. The van der Waals surface area contributed by atoms with Gasteiger partial charge >= 0.3 is 0 Å². The molecular weight excluding hydrogens is 284 g/mol. The molecule has 22 heavy (non-hydrogen) atoms. The molecule has 2 aromatic rings. The van der Waals surface area contributed by atoms with Crippen LogP contribution in [0.5, 0.6) is 11.5 Å². The highest BCUT2D eigenvalue weighted by molar-refractivity contribution is 5.74. The van der Waals surface area contributed by atoms with Crippen LogP contribution in [0, 0.1) is 0 Å². The van der Waals surface area contributed by atoms with Crippen molar-refractivity contribution in [1.29, 1.82) is 0 Å². The van der Waals surface area contributed by atoms with Gasteiger partial charge in [-0.2, -0.15) is 0 Å². The van der Waals surface area contributed by atoms with E-state index in [1.165, 1.54) is 0 Å². The summed E-state index contributed by atoms with van der Waals surface area (Å²) in [5.41, 5.74) is 1.77. The number of rotatable bonds is 6.